The summed E-state index contributed by atoms with van der Waals surface area (Å²) < 4.78 is 5.59. The van der Waals surface area contributed by atoms with E-state index in [1.807, 2.05) is 36.4 Å². The number of benzene rings is 2. The molecular weight excluding hydrogens is 356 g/mol. The maximum atomic E-state index is 12.7. The van der Waals surface area contributed by atoms with Gasteiger partial charge in [0.25, 0.3) is 5.91 Å². The summed E-state index contributed by atoms with van der Waals surface area (Å²) in [7, 11) is 0. The zero-order valence-electron chi connectivity index (χ0n) is 15.0. The van der Waals surface area contributed by atoms with Crippen molar-refractivity contribution in [2.75, 3.05) is 28.7 Å². The van der Waals surface area contributed by atoms with E-state index >= 15 is 0 Å². The van der Waals surface area contributed by atoms with Crippen LogP contribution in [0.3, 0.4) is 0 Å². The Kier molecular flexibility index (Phi) is 4.88. The molecule has 1 aromatic heterocycles. The van der Waals surface area contributed by atoms with Gasteiger partial charge in [-0.3, -0.25) is 9.69 Å². The van der Waals surface area contributed by atoms with Gasteiger partial charge < -0.3 is 15.4 Å². The van der Waals surface area contributed by atoms with Gasteiger partial charge in [0.05, 0.1) is 6.54 Å². The number of aromatic nitrogens is 1. The summed E-state index contributed by atoms with van der Waals surface area (Å²) in [5.74, 6) is 0.425. The number of para-hydroxylation sites is 2. The second-order valence-electron chi connectivity index (χ2n) is 6.13. The molecule has 140 valence electrons. The summed E-state index contributed by atoms with van der Waals surface area (Å²) in [6, 6.07) is 21.2. The van der Waals surface area contributed by atoms with Crippen molar-refractivity contribution in [1.29, 1.82) is 0 Å². The SMILES string of the molecule is O=C(Nc1ccccc1)c1ccc2c(n1)N(C(=O)Nc1ccccc1)CCO2. The van der Waals surface area contributed by atoms with Crippen LogP contribution in [0.25, 0.3) is 0 Å². The molecule has 0 bridgehead atoms. The van der Waals surface area contributed by atoms with Crippen LogP contribution >= 0.6 is 0 Å². The van der Waals surface area contributed by atoms with E-state index in [0.29, 0.717) is 36.1 Å². The predicted molar refractivity (Wildman–Crippen MR) is 107 cm³/mol. The molecule has 4 rings (SSSR count). The molecule has 1 aliphatic rings. The van der Waals surface area contributed by atoms with Gasteiger partial charge in [0.15, 0.2) is 11.6 Å². The third-order valence-corrected chi connectivity index (χ3v) is 4.20. The Labute approximate surface area is 162 Å². The highest BCUT2D eigenvalue weighted by atomic mass is 16.5. The van der Waals surface area contributed by atoms with E-state index in [4.69, 9.17) is 4.74 Å². The topological polar surface area (TPSA) is 83.6 Å². The van der Waals surface area contributed by atoms with Gasteiger partial charge in [0.1, 0.15) is 12.3 Å². The van der Waals surface area contributed by atoms with E-state index in [1.54, 1.807) is 36.4 Å². The first-order valence-corrected chi connectivity index (χ1v) is 8.84. The van der Waals surface area contributed by atoms with Crippen LogP contribution in [0.15, 0.2) is 72.8 Å². The summed E-state index contributed by atoms with van der Waals surface area (Å²) in [6.45, 7) is 0.689. The van der Waals surface area contributed by atoms with E-state index in [1.165, 1.54) is 4.90 Å². The number of urea groups is 1. The summed E-state index contributed by atoms with van der Waals surface area (Å²) >= 11 is 0. The first kappa shape index (κ1) is 17.5. The maximum absolute atomic E-state index is 12.7. The molecule has 0 radical (unpaired) electrons. The number of amides is 3. The molecule has 0 saturated carbocycles. The molecule has 0 saturated heterocycles. The Morgan fingerprint density at radius 2 is 1.50 bits per heavy atom. The van der Waals surface area contributed by atoms with Crippen LogP contribution in [0.5, 0.6) is 5.75 Å². The van der Waals surface area contributed by atoms with Crippen LogP contribution in [0.4, 0.5) is 22.0 Å². The molecule has 2 aromatic carbocycles. The zero-order valence-corrected chi connectivity index (χ0v) is 15.0. The van der Waals surface area contributed by atoms with Gasteiger partial charge in [-0.25, -0.2) is 9.78 Å². The van der Waals surface area contributed by atoms with Gasteiger partial charge in [0.2, 0.25) is 0 Å². The zero-order chi connectivity index (χ0) is 19.3. The van der Waals surface area contributed by atoms with Crippen molar-refractivity contribution in [2.45, 2.75) is 0 Å². The van der Waals surface area contributed by atoms with Crippen LogP contribution in [-0.2, 0) is 0 Å². The summed E-state index contributed by atoms with van der Waals surface area (Å²) in [5.41, 5.74) is 1.55. The molecule has 2 heterocycles. The van der Waals surface area contributed by atoms with Crippen molar-refractivity contribution < 1.29 is 14.3 Å². The molecule has 7 heteroatoms. The van der Waals surface area contributed by atoms with Crippen LogP contribution in [0.1, 0.15) is 10.5 Å². The molecule has 0 fully saturated rings. The fourth-order valence-electron chi connectivity index (χ4n) is 2.85. The van der Waals surface area contributed by atoms with Gasteiger partial charge in [-0.15, -0.1) is 0 Å². The van der Waals surface area contributed by atoms with Crippen molar-refractivity contribution in [3.05, 3.63) is 78.5 Å². The van der Waals surface area contributed by atoms with Crippen molar-refractivity contribution in [1.82, 2.24) is 4.98 Å². The average molecular weight is 374 g/mol. The minimum absolute atomic E-state index is 0.200. The molecule has 3 amide bonds. The van der Waals surface area contributed by atoms with Gasteiger partial charge in [-0.1, -0.05) is 36.4 Å². The summed E-state index contributed by atoms with van der Waals surface area (Å²) in [5, 5.41) is 5.62. The average Bonchev–Trinajstić information content (AvgIpc) is 2.74. The van der Waals surface area contributed by atoms with Crippen molar-refractivity contribution in [2.24, 2.45) is 0 Å². The number of hydrogen-bond acceptors (Lipinski definition) is 4. The largest absolute Gasteiger partial charge is 0.488 e. The van der Waals surface area contributed by atoms with E-state index in [9.17, 15) is 9.59 Å². The minimum Gasteiger partial charge on any atom is -0.488 e. The second-order valence-corrected chi connectivity index (χ2v) is 6.13. The Morgan fingerprint density at radius 1 is 0.857 bits per heavy atom. The van der Waals surface area contributed by atoms with Crippen molar-refractivity contribution in [3.8, 4) is 5.75 Å². The Morgan fingerprint density at radius 3 is 2.18 bits per heavy atom. The number of rotatable bonds is 3. The lowest BCUT2D eigenvalue weighted by Gasteiger charge is -2.28. The Balaban J connectivity index is 1.56. The number of pyridine rings is 1. The van der Waals surface area contributed by atoms with Crippen LogP contribution in [0, 0.1) is 0 Å². The summed E-state index contributed by atoms with van der Waals surface area (Å²) in [4.78, 5) is 31.1. The highest BCUT2D eigenvalue weighted by molar-refractivity contribution is 6.05. The van der Waals surface area contributed by atoms with E-state index < -0.39 is 0 Å². The first-order valence-electron chi connectivity index (χ1n) is 8.84. The molecule has 2 N–H and O–H groups in total. The minimum atomic E-state index is -0.358. The summed E-state index contributed by atoms with van der Waals surface area (Å²) in [6.07, 6.45) is 0. The van der Waals surface area contributed by atoms with E-state index in [0.717, 1.165) is 0 Å². The standard InChI is InChI=1S/C21H18N4O3/c26-20(22-15-7-3-1-4-8-15)17-11-12-18-19(24-17)25(13-14-28-18)21(27)23-16-9-5-2-6-10-16/h1-12H,13-14H2,(H,22,26)(H,23,27). The van der Waals surface area contributed by atoms with Crippen molar-refractivity contribution >= 4 is 29.1 Å². The number of carbonyl (C=O) groups excluding carboxylic acids is 2. The molecule has 7 nitrogen and oxygen atoms in total. The molecule has 0 aliphatic carbocycles. The Bertz CT molecular complexity index is 993. The van der Waals surface area contributed by atoms with E-state index in [2.05, 4.69) is 15.6 Å². The molecule has 28 heavy (non-hydrogen) atoms. The van der Waals surface area contributed by atoms with Gasteiger partial charge in [-0.05, 0) is 36.4 Å². The van der Waals surface area contributed by atoms with Crippen molar-refractivity contribution in [3.63, 3.8) is 0 Å². The Hall–Kier alpha value is -3.87. The smallest absolute Gasteiger partial charge is 0.327 e. The number of fused-ring (bicyclic) bond motifs is 1. The number of anilines is 3. The number of nitrogens with zero attached hydrogens (tertiary/aromatic N) is 2. The molecule has 0 unspecified atom stereocenters. The fourth-order valence-corrected chi connectivity index (χ4v) is 2.85. The molecule has 1 aliphatic heterocycles. The molecular formula is C21H18N4O3. The molecule has 3 aromatic rings. The lowest BCUT2D eigenvalue weighted by Crippen LogP contribution is -2.41. The highest BCUT2D eigenvalue weighted by Crippen LogP contribution is 2.30. The highest BCUT2D eigenvalue weighted by Gasteiger charge is 2.26. The third-order valence-electron chi connectivity index (χ3n) is 4.20. The maximum Gasteiger partial charge on any atom is 0.327 e. The number of hydrogen-bond donors (Lipinski definition) is 2. The predicted octanol–water partition coefficient (Wildman–Crippen LogP) is 3.76. The van der Waals surface area contributed by atoms with Gasteiger partial charge >= 0.3 is 6.03 Å². The van der Waals surface area contributed by atoms with Gasteiger partial charge in [-0.2, -0.15) is 0 Å². The number of nitrogens with one attached hydrogen (secondary N) is 2. The number of ether oxygens (including phenoxy) is 1. The second kappa shape index (κ2) is 7.79. The molecule has 0 spiro atoms. The molecule has 0 atom stereocenters. The lowest BCUT2D eigenvalue weighted by atomic mass is 10.2. The fraction of sp³-hybridized carbons (Fsp3) is 0.0952. The van der Waals surface area contributed by atoms with E-state index in [-0.39, 0.29) is 17.6 Å². The quantitative estimate of drug-likeness (QED) is 0.731. The van der Waals surface area contributed by atoms with Crippen LogP contribution in [-0.4, -0.2) is 30.1 Å². The normalized spacial score (nSPS) is 12.5. The lowest BCUT2D eigenvalue weighted by molar-refractivity contribution is 0.102. The monoisotopic (exact) mass is 374 g/mol. The number of carbonyl (C=O) groups is 2. The van der Waals surface area contributed by atoms with Crippen LogP contribution in [0.2, 0.25) is 0 Å². The van der Waals surface area contributed by atoms with Crippen LogP contribution < -0.4 is 20.3 Å². The first-order chi connectivity index (χ1) is 13.7. The van der Waals surface area contributed by atoms with Gasteiger partial charge in [0, 0.05) is 11.4 Å². The third kappa shape index (κ3) is 3.78.